The molecule has 112 valence electrons. The summed E-state index contributed by atoms with van der Waals surface area (Å²) in [4.78, 5) is 26.0. The first-order chi connectivity index (χ1) is 10.6. The molecule has 0 atom stereocenters. The van der Waals surface area contributed by atoms with Crippen molar-refractivity contribution < 1.29 is 9.59 Å². The molecule has 3 rings (SSSR count). The van der Waals surface area contributed by atoms with Crippen molar-refractivity contribution in [1.82, 2.24) is 5.32 Å². The number of carbonyl (C=O) groups is 2. The largest absolute Gasteiger partial charge is 0.343 e. The van der Waals surface area contributed by atoms with Gasteiger partial charge in [0.1, 0.15) is 0 Å². The third-order valence-electron chi connectivity index (χ3n) is 3.67. The minimum atomic E-state index is -0.232. The van der Waals surface area contributed by atoms with Gasteiger partial charge in [-0.15, -0.1) is 0 Å². The molecule has 1 heterocycles. The van der Waals surface area contributed by atoms with Gasteiger partial charge in [0, 0.05) is 22.3 Å². The standard InChI is InChI=1S/C17H15BrN2O2/c18-14-6-7-15-13(10-14)8-9-20(15)16(21)11-19-17(22)12-4-2-1-3-5-12/h1-7,10H,8-9,11H2,(H,19,22). The molecule has 1 aliphatic heterocycles. The smallest absolute Gasteiger partial charge is 0.251 e. The van der Waals surface area contributed by atoms with Crippen molar-refractivity contribution in [3.63, 3.8) is 0 Å². The van der Waals surface area contributed by atoms with Crippen LogP contribution >= 0.6 is 15.9 Å². The molecule has 0 radical (unpaired) electrons. The third-order valence-corrected chi connectivity index (χ3v) is 4.17. The molecule has 0 saturated heterocycles. The topological polar surface area (TPSA) is 49.4 Å². The fraction of sp³-hybridized carbons (Fsp3) is 0.176. The Morgan fingerprint density at radius 2 is 1.91 bits per heavy atom. The van der Waals surface area contributed by atoms with Crippen molar-refractivity contribution in [2.24, 2.45) is 0 Å². The Labute approximate surface area is 137 Å². The summed E-state index contributed by atoms with van der Waals surface area (Å²) in [6.45, 7) is 0.662. The molecular formula is C17H15BrN2O2. The van der Waals surface area contributed by atoms with Crippen LogP contribution in [0.2, 0.25) is 0 Å². The normalized spacial score (nSPS) is 12.9. The Morgan fingerprint density at radius 1 is 1.14 bits per heavy atom. The van der Waals surface area contributed by atoms with Crippen molar-refractivity contribution in [3.8, 4) is 0 Å². The van der Waals surface area contributed by atoms with Gasteiger partial charge in [0.25, 0.3) is 5.91 Å². The van der Waals surface area contributed by atoms with Crippen LogP contribution in [0, 0.1) is 0 Å². The Hall–Kier alpha value is -2.14. The van der Waals surface area contributed by atoms with Crippen LogP contribution in [0.5, 0.6) is 0 Å². The fourth-order valence-electron chi connectivity index (χ4n) is 2.57. The maximum atomic E-state index is 12.3. The highest BCUT2D eigenvalue weighted by atomic mass is 79.9. The van der Waals surface area contributed by atoms with E-state index in [4.69, 9.17) is 0 Å². The van der Waals surface area contributed by atoms with E-state index in [1.807, 2.05) is 24.3 Å². The van der Waals surface area contributed by atoms with Crippen LogP contribution in [0.15, 0.2) is 53.0 Å². The molecule has 5 heteroatoms. The molecule has 22 heavy (non-hydrogen) atoms. The summed E-state index contributed by atoms with van der Waals surface area (Å²) in [5, 5.41) is 2.68. The van der Waals surface area contributed by atoms with Gasteiger partial charge >= 0.3 is 0 Å². The van der Waals surface area contributed by atoms with Gasteiger partial charge < -0.3 is 10.2 Å². The second-order valence-corrected chi connectivity index (χ2v) is 6.03. The van der Waals surface area contributed by atoms with Gasteiger partial charge in [-0.2, -0.15) is 0 Å². The number of nitrogens with one attached hydrogen (secondary N) is 1. The van der Waals surface area contributed by atoms with E-state index in [1.54, 1.807) is 29.2 Å². The maximum absolute atomic E-state index is 12.3. The van der Waals surface area contributed by atoms with E-state index in [9.17, 15) is 9.59 Å². The highest BCUT2D eigenvalue weighted by molar-refractivity contribution is 9.10. The Balaban J connectivity index is 1.63. The molecule has 2 aromatic carbocycles. The van der Waals surface area contributed by atoms with Gasteiger partial charge in [-0.1, -0.05) is 34.1 Å². The third kappa shape index (κ3) is 3.04. The molecule has 1 aliphatic rings. The molecular weight excluding hydrogens is 344 g/mol. The molecule has 0 saturated carbocycles. The number of amides is 2. The lowest BCUT2D eigenvalue weighted by molar-refractivity contribution is -0.117. The zero-order valence-corrected chi connectivity index (χ0v) is 13.5. The quantitative estimate of drug-likeness (QED) is 0.916. The molecule has 4 nitrogen and oxygen atoms in total. The second kappa shape index (κ2) is 6.32. The van der Waals surface area contributed by atoms with Crippen LogP contribution in [0.25, 0.3) is 0 Å². The van der Waals surface area contributed by atoms with Crippen molar-refractivity contribution in [3.05, 3.63) is 64.1 Å². The first kappa shape index (κ1) is 14.8. The van der Waals surface area contributed by atoms with Gasteiger partial charge in [-0.3, -0.25) is 9.59 Å². The monoisotopic (exact) mass is 358 g/mol. The molecule has 0 spiro atoms. The van der Waals surface area contributed by atoms with Gasteiger partial charge in [-0.25, -0.2) is 0 Å². The van der Waals surface area contributed by atoms with E-state index in [0.717, 1.165) is 22.1 Å². The van der Waals surface area contributed by atoms with Crippen LogP contribution in [0.4, 0.5) is 5.69 Å². The summed E-state index contributed by atoms with van der Waals surface area (Å²) in [5.74, 6) is -0.325. The number of hydrogen-bond acceptors (Lipinski definition) is 2. The van der Waals surface area contributed by atoms with E-state index < -0.39 is 0 Å². The van der Waals surface area contributed by atoms with Crippen LogP contribution < -0.4 is 10.2 Å². The first-order valence-electron chi connectivity index (χ1n) is 7.07. The Kier molecular flexibility index (Phi) is 4.24. The zero-order valence-electron chi connectivity index (χ0n) is 11.9. The molecule has 0 fully saturated rings. The number of nitrogens with zero attached hydrogens (tertiary/aromatic N) is 1. The Bertz CT molecular complexity index is 716. The number of anilines is 1. The van der Waals surface area contributed by atoms with Crippen LogP contribution in [0.3, 0.4) is 0 Å². The van der Waals surface area contributed by atoms with Gasteiger partial charge in [0.15, 0.2) is 0 Å². The second-order valence-electron chi connectivity index (χ2n) is 5.12. The average Bonchev–Trinajstić information content (AvgIpc) is 2.96. The molecule has 1 N–H and O–H groups in total. The molecule has 0 aliphatic carbocycles. The van der Waals surface area contributed by atoms with E-state index in [0.29, 0.717) is 12.1 Å². The van der Waals surface area contributed by atoms with Crippen LogP contribution in [-0.2, 0) is 11.2 Å². The van der Waals surface area contributed by atoms with Crippen molar-refractivity contribution in [1.29, 1.82) is 0 Å². The van der Waals surface area contributed by atoms with Crippen LogP contribution in [0.1, 0.15) is 15.9 Å². The van der Waals surface area contributed by atoms with Crippen molar-refractivity contribution in [2.75, 3.05) is 18.0 Å². The lowest BCUT2D eigenvalue weighted by Gasteiger charge is -2.17. The number of halogens is 1. The summed E-state index contributed by atoms with van der Waals surface area (Å²) < 4.78 is 1.01. The summed E-state index contributed by atoms with van der Waals surface area (Å²) in [7, 11) is 0. The van der Waals surface area contributed by atoms with Gasteiger partial charge in [0.2, 0.25) is 5.91 Å². The average molecular weight is 359 g/mol. The lowest BCUT2D eigenvalue weighted by Crippen LogP contribution is -2.39. The number of rotatable bonds is 3. The lowest BCUT2D eigenvalue weighted by atomic mass is 10.2. The number of hydrogen-bond donors (Lipinski definition) is 1. The number of benzene rings is 2. The summed E-state index contributed by atoms with van der Waals surface area (Å²) in [6.07, 6.45) is 0.840. The fourth-order valence-corrected chi connectivity index (χ4v) is 2.98. The summed E-state index contributed by atoms with van der Waals surface area (Å²) in [5.41, 5.74) is 2.64. The predicted octanol–water partition coefficient (Wildman–Crippen LogP) is 2.77. The molecule has 2 aromatic rings. The van der Waals surface area contributed by atoms with Crippen LogP contribution in [-0.4, -0.2) is 24.9 Å². The minimum absolute atomic E-state index is 0.00321. The van der Waals surface area contributed by atoms with E-state index in [-0.39, 0.29) is 18.4 Å². The predicted molar refractivity (Wildman–Crippen MR) is 89.0 cm³/mol. The van der Waals surface area contributed by atoms with Crippen molar-refractivity contribution >= 4 is 33.4 Å². The first-order valence-corrected chi connectivity index (χ1v) is 7.86. The summed E-state index contributed by atoms with van der Waals surface area (Å²) >= 11 is 3.44. The van der Waals surface area contributed by atoms with Gasteiger partial charge in [0.05, 0.1) is 6.54 Å². The highest BCUT2D eigenvalue weighted by Gasteiger charge is 2.24. The van der Waals surface area contributed by atoms with E-state index >= 15 is 0 Å². The minimum Gasteiger partial charge on any atom is -0.343 e. The highest BCUT2D eigenvalue weighted by Crippen LogP contribution is 2.30. The van der Waals surface area contributed by atoms with E-state index in [2.05, 4.69) is 21.2 Å². The summed E-state index contributed by atoms with van der Waals surface area (Å²) in [6, 6.07) is 14.8. The number of carbonyl (C=O) groups excluding carboxylic acids is 2. The Morgan fingerprint density at radius 3 is 2.68 bits per heavy atom. The SMILES string of the molecule is O=C(NCC(=O)N1CCc2cc(Br)ccc21)c1ccccc1. The molecule has 2 amide bonds. The molecule has 0 aromatic heterocycles. The van der Waals surface area contributed by atoms with Gasteiger partial charge in [-0.05, 0) is 42.3 Å². The maximum Gasteiger partial charge on any atom is 0.251 e. The number of fused-ring (bicyclic) bond motifs is 1. The zero-order chi connectivity index (χ0) is 15.5. The van der Waals surface area contributed by atoms with E-state index in [1.165, 1.54) is 0 Å². The molecule has 0 unspecified atom stereocenters. The van der Waals surface area contributed by atoms with Crippen molar-refractivity contribution in [2.45, 2.75) is 6.42 Å². The molecule has 0 bridgehead atoms.